The van der Waals surface area contributed by atoms with Gasteiger partial charge in [-0.3, -0.25) is 4.79 Å². The fourth-order valence-corrected chi connectivity index (χ4v) is 2.13. The summed E-state index contributed by atoms with van der Waals surface area (Å²) in [5.74, 6) is 1.12. The van der Waals surface area contributed by atoms with Crippen LogP contribution in [0.25, 0.3) is 0 Å². The van der Waals surface area contributed by atoms with E-state index in [0.29, 0.717) is 31.4 Å². The number of ether oxygens (including phenoxy) is 1. The van der Waals surface area contributed by atoms with Crippen LogP contribution < -0.4 is 11.1 Å². The summed E-state index contributed by atoms with van der Waals surface area (Å²) in [4.78, 5) is 11.7. The lowest BCUT2D eigenvalue weighted by atomic mass is 9.94. The molecule has 108 valence electrons. The molecule has 1 amide bonds. The van der Waals surface area contributed by atoms with E-state index >= 15 is 0 Å². The predicted octanol–water partition coefficient (Wildman–Crippen LogP) is 1.93. The molecular weight excluding hydrogens is 228 g/mol. The Bertz CT molecular complexity index is 204. The Labute approximate surface area is 112 Å². The molecule has 0 aliphatic heterocycles. The van der Waals surface area contributed by atoms with E-state index in [1.165, 1.54) is 6.42 Å². The molecule has 0 aliphatic rings. The minimum absolute atomic E-state index is 0.149. The number of carbonyl (C=O) groups is 1. The molecule has 2 atom stereocenters. The minimum Gasteiger partial charge on any atom is -0.384 e. The Balaban J connectivity index is 3.72. The third kappa shape index (κ3) is 9.42. The minimum atomic E-state index is 0.149. The van der Waals surface area contributed by atoms with E-state index in [9.17, 15) is 4.79 Å². The Hall–Kier alpha value is -0.610. The molecule has 18 heavy (non-hydrogen) atoms. The fraction of sp³-hybridized carbons (Fsp3) is 0.929. The summed E-state index contributed by atoms with van der Waals surface area (Å²) in [6.45, 7) is 6.35. The summed E-state index contributed by atoms with van der Waals surface area (Å²) < 4.78 is 5.03. The third-order valence-corrected chi connectivity index (χ3v) is 3.15. The average molecular weight is 258 g/mol. The van der Waals surface area contributed by atoms with Crippen LogP contribution >= 0.6 is 0 Å². The summed E-state index contributed by atoms with van der Waals surface area (Å²) in [6, 6.07) is 0. The summed E-state index contributed by atoms with van der Waals surface area (Å²) in [7, 11) is 1.68. The van der Waals surface area contributed by atoms with Crippen molar-refractivity contribution in [2.45, 2.75) is 46.0 Å². The molecule has 0 saturated carbocycles. The summed E-state index contributed by atoms with van der Waals surface area (Å²) in [5.41, 5.74) is 5.58. The summed E-state index contributed by atoms with van der Waals surface area (Å²) in [5, 5.41) is 2.96. The lowest BCUT2D eigenvalue weighted by Gasteiger charge is -2.15. The fourth-order valence-electron chi connectivity index (χ4n) is 2.13. The maximum Gasteiger partial charge on any atom is 0.220 e. The van der Waals surface area contributed by atoms with Gasteiger partial charge in [-0.2, -0.15) is 0 Å². The average Bonchev–Trinajstić information content (AvgIpc) is 2.34. The number of nitrogens with two attached hydrogens (primary N) is 1. The van der Waals surface area contributed by atoms with E-state index in [2.05, 4.69) is 19.2 Å². The normalized spacial score (nSPS) is 14.2. The van der Waals surface area contributed by atoms with Gasteiger partial charge in [-0.15, -0.1) is 0 Å². The van der Waals surface area contributed by atoms with Gasteiger partial charge in [-0.05, 0) is 31.2 Å². The Morgan fingerprint density at radius 1 is 1.33 bits per heavy atom. The third-order valence-electron chi connectivity index (χ3n) is 3.15. The number of rotatable bonds is 11. The molecule has 0 bridgehead atoms. The van der Waals surface area contributed by atoms with E-state index < -0.39 is 0 Å². The number of hydrogen-bond donors (Lipinski definition) is 2. The maximum atomic E-state index is 11.7. The molecule has 0 heterocycles. The van der Waals surface area contributed by atoms with Crippen LogP contribution in [0.1, 0.15) is 46.0 Å². The lowest BCUT2D eigenvalue weighted by Crippen LogP contribution is -2.30. The van der Waals surface area contributed by atoms with Gasteiger partial charge in [-0.25, -0.2) is 0 Å². The molecular formula is C14H30N2O2. The highest BCUT2D eigenvalue weighted by molar-refractivity contribution is 5.75. The number of nitrogens with one attached hydrogen (secondary N) is 1. The summed E-state index contributed by atoms with van der Waals surface area (Å²) in [6.07, 6.45) is 4.93. The number of amides is 1. The standard InChI is InChI=1S/C14H30N2O2/c1-4-5-13(8-9-15)6-7-14(17)16-10-12(2)11-18-3/h12-13H,4-11,15H2,1-3H3,(H,16,17). The van der Waals surface area contributed by atoms with Gasteiger partial charge in [0.15, 0.2) is 0 Å². The molecule has 0 radical (unpaired) electrons. The zero-order chi connectivity index (χ0) is 13.8. The van der Waals surface area contributed by atoms with Crippen LogP contribution in [-0.2, 0) is 9.53 Å². The molecule has 0 aromatic heterocycles. The molecule has 4 heteroatoms. The van der Waals surface area contributed by atoms with Gasteiger partial charge in [0.1, 0.15) is 0 Å². The first kappa shape index (κ1) is 17.4. The van der Waals surface area contributed by atoms with Crippen LogP contribution in [0.3, 0.4) is 0 Å². The van der Waals surface area contributed by atoms with Crippen molar-refractivity contribution in [3.8, 4) is 0 Å². The molecule has 0 saturated heterocycles. The van der Waals surface area contributed by atoms with Crippen molar-refractivity contribution in [2.24, 2.45) is 17.6 Å². The van der Waals surface area contributed by atoms with Gasteiger partial charge in [0.25, 0.3) is 0 Å². The van der Waals surface area contributed by atoms with Crippen molar-refractivity contribution in [2.75, 3.05) is 26.8 Å². The lowest BCUT2D eigenvalue weighted by molar-refractivity contribution is -0.121. The first-order chi connectivity index (χ1) is 8.63. The Morgan fingerprint density at radius 2 is 2.06 bits per heavy atom. The molecule has 4 nitrogen and oxygen atoms in total. The highest BCUT2D eigenvalue weighted by Crippen LogP contribution is 2.16. The topological polar surface area (TPSA) is 64.4 Å². The Morgan fingerprint density at radius 3 is 2.61 bits per heavy atom. The van der Waals surface area contributed by atoms with Crippen LogP contribution in [0.5, 0.6) is 0 Å². The monoisotopic (exact) mass is 258 g/mol. The van der Waals surface area contributed by atoms with Gasteiger partial charge >= 0.3 is 0 Å². The summed E-state index contributed by atoms with van der Waals surface area (Å²) >= 11 is 0. The first-order valence-corrected chi connectivity index (χ1v) is 7.09. The quantitative estimate of drug-likeness (QED) is 0.595. The largest absolute Gasteiger partial charge is 0.384 e. The van der Waals surface area contributed by atoms with Crippen molar-refractivity contribution in [1.29, 1.82) is 0 Å². The molecule has 0 aromatic carbocycles. The van der Waals surface area contributed by atoms with Crippen molar-refractivity contribution in [1.82, 2.24) is 5.32 Å². The SMILES string of the molecule is CCCC(CCN)CCC(=O)NCC(C)COC. The van der Waals surface area contributed by atoms with Gasteiger partial charge < -0.3 is 15.8 Å². The second-order valence-electron chi connectivity index (χ2n) is 5.14. The predicted molar refractivity (Wildman–Crippen MR) is 75.4 cm³/mol. The molecule has 0 aliphatic carbocycles. The van der Waals surface area contributed by atoms with Gasteiger partial charge in [0, 0.05) is 20.1 Å². The molecule has 0 aromatic rings. The van der Waals surface area contributed by atoms with E-state index in [0.717, 1.165) is 25.8 Å². The Kier molecular flexibility index (Phi) is 11.1. The van der Waals surface area contributed by atoms with Crippen molar-refractivity contribution in [3.05, 3.63) is 0 Å². The van der Waals surface area contributed by atoms with Crippen LogP contribution in [0, 0.1) is 11.8 Å². The maximum absolute atomic E-state index is 11.7. The van der Waals surface area contributed by atoms with Crippen LogP contribution in [-0.4, -0.2) is 32.7 Å². The van der Waals surface area contributed by atoms with E-state index in [1.54, 1.807) is 7.11 Å². The highest BCUT2D eigenvalue weighted by atomic mass is 16.5. The van der Waals surface area contributed by atoms with Gasteiger partial charge in [0.2, 0.25) is 5.91 Å². The van der Waals surface area contributed by atoms with Crippen molar-refractivity contribution in [3.63, 3.8) is 0 Å². The first-order valence-electron chi connectivity index (χ1n) is 7.09. The zero-order valence-corrected chi connectivity index (χ0v) is 12.2. The second-order valence-corrected chi connectivity index (χ2v) is 5.14. The van der Waals surface area contributed by atoms with Crippen LogP contribution in [0.2, 0.25) is 0 Å². The molecule has 0 fully saturated rings. The van der Waals surface area contributed by atoms with Gasteiger partial charge in [-0.1, -0.05) is 26.7 Å². The van der Waals surface area contributed by atoms with E-state index in [-0.39, 0.29) is 5.91 Å². The van der Waals surface area contributed by atoms with Crippen LogP contribution in [0.4, 0.5) is 0 Å². The molecule has 3 N–H and O–H groups in total. The smallest absolute Gasteiger partial charge is 0.220 e. The van der Waals surface area contributed by atoms with Gasteiger partial charge in [0.05, 0.1) is 6.61 Å². The highest BCUT2D eigenvalue weighted by Gasteiger charge is 2.10. The molecule has 0 spiro atoms. The van der Waals surface area contributed by atoms with Crippen LogP contribution in [0.15, 0.2) is 0 Å². The zero-order valence-electron chi connectivity index (χ0n) is 12.2. The number of carbonyl (C=O) groups excluding carboxylic acids is 1. The second kappa shape index (κ2) is 11.5. The molecule has 2 unspecified atom stereocenters. The number of hydrogen-bond acceptors (Lipinski definition) is 3. The number of methoxy groups -OCH3 is 1. The van der Waals surface area contributed by atoms with Crippen molar-refractivity contribution < 1.29 is 9.53 Å². The van der Waals surface area contributed by atoms with E-state index in [4.69, 9.17) is 10.5 Å². The van der Waals surface area contributed by atoms with E-state index in [1.807, 2.05) is 0 Å². The van der Waals surface area contributed by atoms with Crippen molar-refractivity contribution >= 4 is 5.91 Å². The molecule has 0 rings (SSSR count).